The van der Waals surface area contributed by atoms with Crippen LogP contribution in [0.3, 0.4) is 0 Å². The largest absolute Gasteiger partial charge is 0.344 e. The first-order chi connectivity index (χ1) is 17.7. The number of aromatic nitrogens is 3. The summed E-state index contributed by atoms with van der Waals surface area (Å²) in [4.78, 5) is 18.2. The Morgan fingerprint density at radius 2 is 1.61 bits per heavy atom. The van der Waals surface area contributed by atoms with Crippen LogP contribution in [0.15, 0.2) is 96.4 Å². The van der Waals surface area contributed by atoms with Gasteiger partial charge in [0.05, 0.1) is 27.8 Å². The van der Waals surface area contributed by atoms with Crippen LogP contribution in [0.5, 0.6) is 0 Å². The maximum absolute atomic E-state index is 13.8. The van der Waals surface area contributed by atoms with Crippen LogP contribution in [0.1, 0.15) is 27.4 Å². The van der Waals surface area contributed by atoms with Gasteiger partial charge in [0.1, 0.15) is 17.3 Å². The quantitative estimate of drug-likeness (QED) is 0.287. The van der Waals surface area contributed by atoms with Gasteiger partial charge >= 0.3 is 0 Å². The van der Waals surface area contributed by atoms with Gasteiger partial charge in [0, 0.05) is 13.1 Å². The molecule has 1 N–H and O–H groups in total. The lowest BCUT2D eigenvalue weighted by atomic mass is 10.2. The second-order valence-electron chi connectivity index (χ2n) is 8.69. The molecule has 0 bridgehead atoms. The Kier molecular flexibility index (Phi) is 5.83. The number of rotatable bonds is 7. The lowest BCUT2D eigenvalue weighted by molar-refractivity contribution is 0.0941. The van der Waals surface area contributed by atoms with Crippen molar-refractivity contribution in [2.24, 2.45) is 0 Å². The molecule has 0 radical (unpaired) electrons. The Morgan fingerprint density at radius 1 is 0.833 bits per heavy atom. The molecular weight excluding hydrogens is 471 g/mol. The van der Waals surface area contributed by atoms with Gasteiger partial charge in [-0.3, -0.25) is 4.79 Å². The minimum Gasteiger partial charge on any atom is -0.344 e. The summed E-state index contributed by atoms with van der Waals surface area (Å²) < 4.78 is 18.9. The van der Waals surface area contributed by atoms with Gasteiger partial charge in [0.2, 0.25) is 0 Å². The zero-order chi connectivity index (χ0) is 24.5. The molecule has 3 aromatic heterocycles. The molecule has 0 unspecified atom stereocenters. The summed E-state index contributed by atoms with van der Waals surface area (Å²) in [6, 6.07) is 28.6. The number of imidazole rings is 1. The van der Waals surface area contributed by atoms with Crippen molar-refractivity contribution in [3.05, 3.63) is 125 Å². The zero-order valence-electron chi connectivity index (χ0n) is 19.4. The molecule has 0 saturated heterocycles. The maximum atomic E-state index is 13.8. The van der Waals surface area contributed by atoms with E-state index in [0.29, 0.717) is 25.3 Å². The monoisotopic (exact) mass is 494 g/mol. The Morgan fingerprint density at radius 3 is 2.47 bits per heavy atom. The molecule has 1 amide bonds. The van der Waals surface area contributed by atoms with Gasteiger partial charge in [-0.2, -0.15) is 0 Å². The van der Waals surface area contributed by atoms with Crippen molar-refractivity contribution in [3.63, 3.8) is 0 Å². The number of fused-ring (bicyclic) bond motifs is 2. The fraction of sp³-hybridized carbons (Fsp3) is 0.103. The van der Waals surface area contributed by atoms with E-state index in [1.807, 2.05) is 64.5 Å². The summed E-state index contributed by atoms with van der Waals surface area (Å²) in [6.07, 6.45) is 0. The van der Waals surface area contributed by atoms with Gasteiger partial charge < -0.3 is 14.5 Å². The molecule has 0 atom stereocenters. The van der Waals surface area contributed by atoms with Crippen LogP contribution in [-0.4, -0.2) is 20.0 Å². The highest BCUT2D eigenvalue weighted by Crippen LogP contribution is 2.27. The molecule has 5 nitrogen and oxygen atoms in total. The standard InChI is InChI=1S/C29H23FN4OS/c30-22-10-6-9-21(15-22)19-33-25-13-14-36-27(25)16-26(33)29(35)31-17-28-32-23-11-4-5-12-24(23)34(28)18-20-7-2-1-3-8-20/h1-16H,17-19H2,(H,31,35). The lowest BCUT2D eigenvalue weighted by Gasteiger charge is -2.13. The third kappa shape index (κ3) is 4.29. The molecule has 6 rings (SSSR count). The molecule has 0 saturated carbocycles. The van der Waals surface area contributed by atoms with E-state index in [2.05, 4.69) is 28.1 Å². The molecule has 7 heteroatoms. The van der Waals surface area contributed by atoms with Crippen LogP contribution >= 0.6 is 11.3 Å². The Balaban J connectivity index is 1.29. The van der Waals surface area contributed by atoms with Crippen LogP contribution in [-0.2, 0) is 19.6 Å². The minimum atomic E-state index is -0.287. The zero-order valence-corrected chi connectivity index (χ0v) is 20.2. The van der Waals surface area contributed by atoms with Crippen molar-refractivity contribution >= 4 is 38.5 Å². The van der Waals surface area contributed by atoms with E-state index >= 15 is 0 Å². The Labute approximate surface area is 211 Å². The molecule has 0 aliphatic heterocycles. The fourth-order valence-corrected chi connectivity index (χ4v) is 5.43. The number of amides is 1. The summed E-state index contributed by atoms with van der Waals surface area (Å²) in [5.74, 6) is 0.316. The molecule has 178 valence electrons. The van der Waals surface area contributed by atoms with Crippen LogP contribution in [0.4, 0.5) is 4.39 Å². The predicted octanol–water partition coefficient (Wildman–Crippen LogP) is 6.22. The van der Waals surface area contributed by atoms with E-state index in [1.54, 1.807) is 17.4 Å². The van der Waals surface area contributed by atoms with Gasteiger partial charge in [-0.05, 0) is 52.9 Å². The second-order valence-corrected chi connectivity index (χ2v) is 9.63. The SMILES string of the molecule is O=C(NCc1nc2ccccc2n1Cc1ccccc1)c1cc2sccc2n1Cc1cccc(F)c1. The van der Waals surface area contributed by atoms with Crippen LogP contribution in [0.25, 0.3) is 21.3 Å². The van der Waals surface area contributed by atoms with E-state index in [1.165, 1.54) is 12.1 Å². The highest BCUT2D eigenvalue weighted by Gasteiger charge is 2.18. The van der Waals surface area contributed by atoms with E-state index in [9.17, 15) is 9.18 Å². The van der Waals surface area contributed by atoms with Crippen molar-refractivity contribution in [2.75, 3.05) is 0 Å². The number of carbonyl (C=O) groups is 1. The van der Waals surface area contributed by atoms with Gasteiger partial charge in [0.25, 0.3) is 5.91 Å². The first kappa shape index (κ1) is 22.2. The summed E-state index contributed by atoms with van der Waals surface area (Å²) in [5, 5.41) is 5.08. The van der Waals surface area contributed by atoms with Crippen molar-refractivity contribution in [3.8, 4) is 0 Å². The molecule has 3 aromatic carbocycles. The minimum absolute atomic E-state index is 0.187. The van der Waals surface area contributed by atoms with Crippen LogP contribution in [0, 0.1) is 5.82 Å². The van der Waals surface area contributed by atoms with E-state index in [-0.39, 0.29) is 11.7 Å². The molecule has 36 heavy (non-hydrogen) atoms. The molecular formula is C29H23FN4OS. The van der Waals surface area contributed by atoms with Gasteiger partial charge in [-0.15, -0.1) is 11.3 Å². The van der Waals surface area contributed by atoms with Gasteiger partial charge in [-0.1, -0.05) is 54.6 Å². The topological polar surface area (TPSA) is 51.9 Å². The lowest BCUT2D eigenvalue weighted by Crippen LogP contribution is -2.27. The third-order valence-electron chi connectivity index (χ3n) is 6.31. The Hall–Kier alpha value is -4.23. The molecule has 0 aliphatic rings. The number of hydrogen-bond donors (Lipinski definition) is 1. The molecule has 0 spiro atoms. The number of hydrogen-bond acceptors (Lipinski definition) is 3. The highest BCUT2D eigenvalue weighted by molar-refractivity contribution is 7.17. The first-order valence-corrected chi connectivity index (χ1v) is 12.6. The van der Waals surface area contributed by atoms with Crippen molar-refractivity contribution in [1.82, 2.24) is 19.4 Å². The smallest absolute Gasteiger partial charge is 0.268 e. The van der Waals surface area contributed by atoms with Gasteiger partial charge in [0.15, 0.2) is 0 Å². The highest BCUT2D eigenvalue weighted by atomic mass is 32.1. The Bertz CT molecular complexity index is 1680. The van der Waals surface area contributed by atoms with Gasteiger partial charge in [-0.25, -0.2) is 9.37 Å². The number of halogens is 1. The second kappa shape index (κ2) is 9.43. The number of carbonyl (C=O) groups excluding carboxylic acids is 1. The van der Waals surface area contributed by atoms with Crippen molar-refractivity contribution in [1.29, 1.82) is 0 Å². The molecule has 0 fully saturated rings. The molecule has 3 heterocycles. The number of thiophene rings is 1. The third-order valence-corrected chi connectivity index (χ3v) is 7.16. The van der Waals surface area contributed by atoms with Crippen molar-refractivity contribution in [2.45, 2.75) is 19.6 Å². The summed E-state index contributed by atoms with van der Waals surface area (Å²) >= 11 is 1.58. The summed E-state index contributed by atoms with van der Waals surface area (Å²) in [6.45, 7) is 1.37. The van der Waals surface area contributed by atoms with E-state index < -0.39 is 0 Å². The van der Waals surface area contributed by atoms with Crippen LogP contribution < -0.4 is 5.32 Å². The fourth-order valence-electron chi connectivity index (χ4n) is 4.61. The average molecular weight is 495 g/mol. The predicted molar refractivity (Wildman–Crippen MR) is 142 cm³/mol. The molecule has 0 aliphatic carbocycles. The number of nitrogens with zero attached hydrogens (tertiary/aromatic N) is 3. The van der Waals surface area contributed by atoms with Crippen molar-refractivity contribution < 1.29 is 9.18 Å². The summed E-state index contributed by atoms with van der Waals surface area (Å²) in [5.41, 5.74) is 5.40. The summed E-state index contributed by atoms with van der Waals surface area (Å²) in [7, 11) is 0. The van der Waals surface area contributed by atoms with Crippen LogP contribution in [0.2, 0.25) is 0 Å². The number of benzene rings is 3. The average Bonchev–Trinajstić information content (AvgIpc) is 3.58. The maximum Gasteiger partial charge on any atom is 0.268 e. The van der Waals surface area contributed by atoms with E-state index in [4.69, 9.17) is 4.98 Å². The number of nitrogens with one attached hydrogen (secondary N) is 1. The first-order valence-electron chi connectivity index (χ1n) is 11.7. The normalized spacial score (nSPS) is 11.4. The molecule has 6 aromatic rings. The number of para-hydroxylation sites is 2. The van der Waals surface area contributed by atoms with E-state index in [0.717, 1.165) is 38.2 Å².